The van der Waals surface area contributed by atoms with E-state index in [0.717, 1.165) is 5.56 Å². The number of hydrogen-bond donors (Lipinski definition) is 4. The van der Waals surface area contributed by atoms with Gasteiger partial charge in [0.25, 0.3) is 0 Å². The molecule has 0 radical (unpaired) electrons. The number of aliphatic carboxylic acids is 3. The van der Waals surface area contributed by atoms with Crippen LogP contribution in [0.4, 0.5) is 0 Å². The fourth-order valence-corrected chi connectivity index (χ4v) is 2.90. The van der Waals surface area contributed by atoms with Crippen LogP contribution in [0.15, 0.2) is 30.3 Å². The minimum absolute atomic E-state index is 0.0531. The smallest absolute Gasteiger partial charge is 0.306 e. The summed E-state index contributed by atoms with van der Waals surface area (Å²) in [5.41, 5.74) is -0.615. The summed E-state index contributed by atoms with van der Waals surface area (Å²) in [4.78, 5) is 57.1. The van der Waals surface area contributed by atoms with E-state index in [-0.39, 0.29) is 78.4 Å². The predicted octanol–water partition coefficient (Wildman–Crippen LogP) is 0.839. The molecule has 1 aromatic carbocycles. The third kappa shape index (κ3) is 15.9. The van der Waals surface area contributed by atoms with E-state index >= 15 is 0 Å². The molecule has 0 bridgehead atoms. The van der Waals surface area contributed by atoms with Crippen molar-refractivity contribution in [1.29, 1.82) is 0 Å². The van der Waals surface area contributed by atoms with Gasteiger partial charge in [0.2, 0.25) is 5.91 Å². The van der Waals surface area contributed by atoms with E-state index in [4.69, 9.17) is 34.3 Å². The lowest BCUT2D eigenvalue weighted by Gasteiger charge is -2.34. The molecule has 1 aromatic rings. The van der Waals surface area contributed by atoms with E-state index in [1.807, 2.05) is 6.07 Å². The first-order valence-electron chi connectivity index (χ1n) is 11.5. The Hall–Kier alpha value is -3.55. The third-order valence-electron chi connectivity index (χ3n) is 4.72. The highest BCUT2D eigenvalue weighted by atomic mass is 16.5. The van der Waals surface area contributed by atoms with Crippen molar-refractivity contribution in [3.05, 3.63) is 35.9 Å². The molecule has 0 aliphatic heterocycles. The zero-order valence-corrected chi connectivity index (χ0v) is 20.4. The average molecular weight is 528 g/mol. The second-order valence-electron chi connectivity index (χ2n) is 8.06. The molecule has 0 aliphatic rings. The number of carboxylic acids is 3. The summed E-state index contributed by atoms with van der Waals surface area (Å²) < 4.78 is 21.4. The number of benzene rings is 1. The molecule has 0 fully saturated rings. The highest BCUT2D eigenvalue weighted by Gasteiger charge is 2.34. The van der Waals surface area contributed by atoms with Crippen LogP contribution in [0, 0.1) is 0 Å². The van der Waals surface area contributed by atoms with Crippen LogP contribution in [-0.4, -0.2) is 90.3 Å². The van der Waals surface area contributed by atoms with Crippen LogP contribution in [0.1, 0.15) is 37.7 Å². The van der Waals surface area contributed by atoms with Crippen LogP contribution >= 0.6 is 0 Å². The quantitative estimate of drug-likeness (QED) is 0.130. The van der Waals surface area contributed by atoms with Gasteiger partial charge in [0.1, 0.15) is 12.1 Å². The maximum Gasteiger partial charge on any atom is 0.306 e. The number of ether oxygens (including phenoxy) is 4. The molecular weight excluding hydrogens is 494 g/mol. The Morgan fingerprint density at radius 2 is 1.14 bits per heavy atom. The molecule has 0 aromatic heterocycles. The van der Waals surface area contributed by atoms with Gasteiger partial charge >= 0.3 is 23.9 Å². The van der Waals surface area contributed by atoms with Gasteiger partial charge in [0, 0.05) is 6.42 Å². The van der Waals surface area contributed by atoms with Gasteiger partial charge < -0.3 is 39.6 Å². The zero-order valence-electron chi connectivity index (χ0n) is 20.4. The monoisotopic (exact) mass is 527 g/mol. The Bertz CT molecular complexity index is 819. The van der Waals surface area contributed by atoms with Gasteiger partial charge in [-0.05, 0) is 5.56 Å². The first-order chi connectivity index (χ1) is 17.6. The molecule has 0 aliphatic carbocycles. The summed E-state index contributed by atoms with van der Waals surface area (Å²) in [6.45, 7) is -1.34. The molecule has 0 saturated carbocycles. The molecule has 0 heterocycles. The summed E-state index contributed by atoms with van der Waals surface area (Å²) in [6.07, 6.45) is -1.41. The average Bonchev–Trinajstić information content (AvgIpc) is 2.85. The second kappa shape index (κ2) is 17.8. The summed E-state index contributed by atoms with van der Waals surface area (Å²) in [6, 6.07) is 8.99. The highest BCUT2D eigenvalue weighted by molar-refractivity contribution is 5.81. The van der Waals surface area contributed by atoms with Crippen LogP contribution in [0.5, 0.6) is 0 Å². The summed E-state index contributed by atoms with van der Waals surface area (Å²) in [7, 11) is 0. The minimum atomic E-state index is -1.40. The third-order valence-corrected chi connectivity index (χ3v) is 4.72. The lowest BCUT2D eigenvalue weighted by molar-refractivity contribution is -0.146. The number of carbonyl (C=O) groups is 5. The largest absolute Gasteiger partial charge is 0.481 e. The normalized spacial score (nSPS) is 11.0. The van der Waals surface area contributed by atoms with E-state index in [2.05, 4.69) is 5.32 Å². The van der Waals surface area contributed by atoms with E-state index < -0.39 is 35.3 Å². The van der Waals surface area contributed by atoms with E-state index in [1.165, 1.54) is 0 Å². The van der Waals surface area contributed by atoms with Crippen LogP contribution in [0.2, 0.25) is 0 Å². The molecule has 4 N–H and O–H groups in total. The van der Waals surface area contributed by atoms with Crippen LogP contribution in [-0.2, 0) is 49.5 Å². The van der Waals surface area contributed by atoms with Crippen molar-refractivity contribution in [1.82, 2.24) is 5.32 Å². The molecule has 0 unspecified atom stereocenters. The second-order valence-corrected chi connectivity index (χ2v) is 8.06. The fourth-order valence-electron chi connectivity index (χ4n) is 2.90. The standard InChI is InChI=1S/C24H33NO12/c26-19(6-7-23(33)37-14-18-4-2-1-3-5-18)25-24(15-34-11-8-20(27)28,16-35-12-9-21(29)30)17-36-13-10-22(31)32/h1-5H,6-17H2,(H,25,26)(H,27,28)(H,29,30)(H,31,32). The van der Waals surface area contributed by atoms with Crippen molar-refractivity contribution in [2.45, 2.75) is 44.2 Å². The molecule has 1 amide bonds. The Balaban J connectivity index is 2.78. The molecule has 37 heavy (non-hydrogen) atoms. The Morgan fingerprint density at radius 1 is 0.676 bits per heavy atom. The number of carbonyl (C=O) groups excluding carboxylic acids is 2. The Kier molecular flexibility index (Phi) is 15.2. The summed E-state index contributed by atoms with van der Waals surface area (Å²) in [5, 5.41) is 29.1. The Morgan fingerprint density at radius 3 is 1.57 bits per heavy atom. The molecule has 206 valence electrons. The van der Waals surface area contributed by atoms with E-state index in [0.29, 0.717) is 0 Å². The van der Waals surface area contributed by atoms with Crippen LogP contribution in [0.3, 0.4) is 0 Å². The lowest BCUT2D eigenvalue weighted by atomic mass is 10.0. The summed E-state index contributed by atoms with van der Waals surface area (Å²) in [5.74, 6) is -4.49. The molecule has 0 spiro atoms. The van der Waals surface area contributed by atoms with Crippen molar-refractivity contribution in [3.8, 4) is 0 Å². The van der Waals surface area contributed by atoms with Crippen molar-refractivity contribution < 1.29 is 58.2 Å². The lowest BCUT2D eigenvalue weighted by Crippen LogP contribution is -2.58. The molecule has 13 nitrogen and oxygen atoms in total. The Labute approximate surface area is 213 Å². The number of rotatable bonds is 21. The molecule has 13 heteroatoms. The van der Waals surface area contributed by atoms with E-state index in [9.17, 15) is 24.0 Å². The maximum atomic E-state index is 12.7. The maximum absolute atomic E-state index is 12.7. The molecular formula is C24H33NO12. The summed E-state index contributed by atoms with van der Waals surface area (Å²) >= 11 is 0. The minimum Gasteiger partial charge on any atom is -0.481 e. The molecule has 0 atom stereocenters. The van der Waals surface area contributed by atoms with Gasteiger partial charge in [-0.2, -0.15) is 0 Å². The van der Waals surface area contributed by atoms with Crippen molar-refractivity contribution in [2.24, 2.45) is 0 Å². The SMILES string of the molecule is O=C(O)CCOCC(COCCC(=O)O)(COCCC(=O)O)NC(=O)CCC(=O)OCc1ccccc1. The van der Waals surface area contributed by atoms with Gasteiger partial charge in [-0.1, -0.05) is 30.3 Å². The van der Waals surface area contributed by atoms with Gasteiger partial charge in [0.15, 0.2) is 0 Å². The van der Waals surface area contributed by atoms with Crippen molar-refractivity contribution >= 4 is 29.8 Å². The molecule has 1 rings (SSSR count). The van der Waals surface area contributed by atoms with E-state index in [1.54, 1.807) is 24.3 Å². The number of hydrogen-bond acceptors (Lipinski definition) is 9. The van der Waals surface area contributed by atoms with Crippen molar-refractivity contribution in [3.63, 3.8) is 0 Å². The topological polar surface area (TPSA) is 195 Å². The first kappa shape index (κ1) is 31.5. The van der Waals surface area contributed by atoms with Crippen LogP contribution in [0.25, 0.3) is 0 Å². The van der Waals surface area contributed by atoms with Crippen LogP contribution < -0.4 is 5.32 Å². The predicted molar refractivity (Wildman–Crippen MR) is 126 cm³/mol. The van der Waals surface area contributed by atoms with Gasteiger partial charge in [-0.3, -0.25) is 24.0 Å². The van der Waals surface area contributed by atoms with Gasteiger partial charge in [0.05, 0.1) is 65.3 Å². The first-order valence-corrected chi connectivity index (χ1v) is 11.5. The number of amides is 1. The number of carboxylic acid groups (broad SMARTS) is 3. The molecule has 0 saturated heterocycles. The van der Waals surface area contributed by atoms with Gasteiger partial charge in [-0.25, -0.2) is 0 Å². The highest BCUT2D eigenvalue weighted by Crippen LogP contribution is 2.12. The number of nitrogens with one attached hydrogen (secondary N) is 1. The fraction of sp³-hybridized carbons (Fsp3) is 0.542. The van der Waals surface area contributed by atoms with Gasteiger partial charge in [-0.15, -0.1) is 0 Å². The van der Waals surface area contributed by atoms with Crippen molar-refractivity contribution in [2.75, 3.05) is 39.6 Å². The number of esters is 1. The zero-order chi connectivity index (χ0) is 27.5.